The maximum Gasteiger partial charge on any atom is 0.262 e. The van der Waals surface area contributed by atoms with Crippen molar-refractivity contribution in [2.45, 2.75) is 13.3 Å². The number of rotatable bonds is 6. The molecule has 4 aromatic rings. The van der Waals surface area contributed by atoms with Gasteiger partial charge in [-0.05, 0) is 88.6 Å². The Bertz CT molecular complexity index is 1190. The van der Waals surface area contributed by atoms with Crippen molar-refractivity contribution in [1.29, 1.82) is 0 Å². The summed E-state index contributed by atoms with van der Waals surface area (Å²) in [7, 11) is 0. The van der Waals surface area contributed by atoms with Gasteiger partial charge in [0, 0.05) is 16.3 Å². The molecule has 0 fully saturated rings. The van der Waals surface area contributed by atoms with Crippen molar-refractivity contribution in [3.8, 4) is 17.2 Å². The molecular formula is C23H18BrClN2O3. The first kappa shape index (κ1) is 20.4. The lowest BCUT2D eigenvalue weighted by Crippen LogP contribution is -2.20. The van der Waals surface area contributed by atoms with Crippen LogP contribution in [0.25, 0.3) is 22.6 Å². The standard InChI is InChI=1S/C23H18BrClN2O3/c1-2-14-11-19(24)22-20(12-14)27-23(30-22)15-3-7-17(8-4-15)26-21(28)13-29-18-9-5-16(25)6-10-18/h3-12H,2,13H2,1H3,(H,26,28). The van der Waals surface area contributed by atoms with Crippen molar-refractivity contribution in [3.63, 3.8) is 0 Å². The monoisotopic (exact) mass is 484 g/mol. The third-order valence-electron chi connectivity index (χ3n) is 4.51. The summed E-state index contributed by atoms with van der Waals surface area (Å²) < 4.78 is 12.3. The van der Waals surface area contributed by atoms with E-state index in [1.165, 1.54) is 5.56 Å². The minimum absolute atomic E-state index is 0.0949. The molecule has 0 saturated carbocycles. The minimum atomic E-state index is -0.254. The Morgan fingerprint density at radius 3 is 2.57 bits per heavy atom. The largest absolute Gasteiger partial charge is 0.484 e. The number of anilines is 1. The molecule has 1 aromatic heterocycles. The predicted octanol–water partition coefficient (Wildman–Crippen LogP) is 6.49. The van der Waals surface area contributed by atoms with Gasteiger partial charge in [-0.2, -0.15) is 0 Å². The number of benzene rings is 3. The van der Waals surface area contributed by atoms with E-state index in [1.807, 2.05) is 24.3 Å². The Morgan fingerprint density at radius 1 is 1.13 bits per heavy atom. The molecule has 1 heterocycles. The van der Waals surface area contributed by atoms with Gasteiger partial charge in [-0.1, -0.05) is 18.5 Å². The second-order valence-corrected chi connectivity index (χ2v) is 7.96. The zero-order chi connectivity index (χ0) is 21.1. The maximum atomic E-state index is 12.1. The topological polar surface area (TPSA) is 64.4 Å². The van der Waals surface area contributed by atoms with Gasteiger partial charge in [0.2, 0.25) is 5.89 Å². The van der Waals surface area contributed by atoms with Gasteiger partial charge in [0.25, 0.3) is 5.91 Å². The first-order chi connectivity index (χ1) is 14.5. The molecule has 0 aliphatic carbocycles. The van der Waals surface area contributed by atoms with Crippen LogP contribution in [0.5, 0.6) is 5.75 Å². The summed E-state index contributed by atoms with van der Waals surface area (Å²) in [5.74, 6) is 0.858. The lowest BCUT2D eigenvalue weighted by molar-refractivity contribution is -0.118. The summed E-state index contributed by atoms with van der Waals surface area (Å²) in [6.45, 7) is 2.00. The molecule has 0 aliphatic heterocycles. The fraction of sp³-hybridized carbons (Fsp3) is 0.130. The molecular weight excluding hydrogens is 468 g/mol. The third kappa shape index (κ3) is 4.66. The highest BCUT2D eigenvalue weighted by molar-refractivity contribution is 9.10. The Balaban J connectivity index is 1.42. The van der Waals surface area contributed by atoms with Crippen LogP contribution in [0.15, 0.2) is 69.6 Å². The summed E-state index contributed by atoms with van der Waals surface area (Å²) >= 11 is 9.38. The highest BCUT2D eigenvalue weighted by Gasteiger charge is 2.12. The van der Waals surface area contributed by atoms with E-state index >= 15 is 0 Å². The lowest BCUT2D eigenvalue weighted by Gasteiger charge is -2.08. The van der Waals surface area contributed by atoms with Crippen molar-refractivity contribution in [2.24, 2.45) is 0 Å². The van der Waals surface area contributed by atoms with Crippen molar-refractivity contribution in [3.05, 3.63) is 75.7 Å². The van der Waals surface area contributed by atoms with E-state index in [9.17, 15) is 4.79 Å². The van der Waals surface area contributed by atoms with E-state index < -0.39 is 0 Å². The number of nitrogens with zero attached hydrogens (tertiary/aromatic N) is 1. The van der Waals surface area contributed by atoms with Crippen molar-refractivity contribution in [2.75, 3.05) is 11.9 Å². The third-order valence-corrected chi connectivity index (χ3v) is 5.35. The number of nitrogens with one attached hydrogen (secondary N) is 1. The van der Waals surface area contributed by atoms with Crippen LogP contribution >= 0.6 is 27.5 Å². The number of hydrogen-bond donors (Lipinski definition) is 1. The number of oxazole rings is 1. The lowest BCUT2D eigenvalue weighted by atomic mass is 10.1. The van der Waals surface area contributed by atoms with Crippen LogP contribution in [0, 0.1) is 0 Å². The fourth-order valence-electron chi connectivity index (χ4n) is 2.95. The molecule has 1 amide bonds. The van der Waals surface area contributed by atoms with E-state index in [0.29, 0.717) is 22.4 Å². The molecule has 0 radical (unpaired) electrons. The number of fused-ring (bicyclic) bond motifs is 1. The summed E-state index contributed by atoms with van der Waals surface area (Å²) in [6, 6.07) is 18.2. The molecule has 3 aromatic carbocycles. The molecule has 0 aliphatic rings. The molecule has 0 unspecified atom stereocenters. The van der Waals surface area contributed by atoms with Crippen molar-refractivity contribution in [1.82, 2.24) is 4.98 Å². The average molecular weight is 486 g/mol. The van der Waals surface area contributed by atoms with Gasteiger partial charge in [0.1, 0.15) is 11.3 Å². The van der Waals surface area contributed by atoms with Gasteiger partial charge in [-0.3, -0.25) is 4.79 Å². The Labute approximate surface area is 187 Å². The smallest absolute Gasteiger partial charge is 0.262 e. The number of hydrogen-bond acceptors (Lipinski definition) is 4. The zero-order valence-electron chi connectivity index (χ0n) is 16.1. The van der Waals surface area contributed by atoms with Gasteiger partial charge in [0.15, 0.2) is 12.2 Å². The Hall–Kier alpha value is -2.83. The Morgan fingerprint density at radius 2 is 1.87 bits per heavy atom. The average Bonchev–Trinajstić information content (AvgIpc) is 3.18. The van der Waals surface area contributed by atoms with Crippen molar-refractivity contribution >= 4 is 50.2 Å². The minimum Gasteiger partial charge on any atom is -0.484 e. The van der Waals surface area contributed by atoms with Crippen LogP contribution in [-0.4, -0.2) is 17.5 Å². The zero-order valence-corrected chi connectivity index (χ0v) is 18.5. The van der Waals surface area contributed by atoms with E-state index in [2.05, 4.69) is 33.2 Å². The fourth-order valence-corrected chi connectivity index (χ4v) is 3.65. The second-order valence-electron chi connectivity index (χ2n) is 6.67. The number of amides is 1. The van der Waals surface area contributed by atoms with Crippen LogP contribution in [0.4, 0.5) is 5.69 Å². The maximum absolute atomic E-state index is 12.1. The Kier molecular flexibility index (Phi) is 6.06. The van der Waals surface area contributed by atoms with Crippen LogP contribution < -0.4 is 10.1 Å². The molecule has 0 spiro atoms. The van der Waals surface area contributed by atoms with E-state index in [4.69, 9.17) is 20.8 Å². The summed E-state index contributed by atoms with van der Waals surface area (Å²) in [6.07, 6.45) is 0.923. The number of carbonyl (C=O) groups excluding carboxylic acids is 1. The van der Waals surface area contributed by atoms with E-state index in [1.54, 1.807) is 36.4 Å². The first-order valence-electron chi connectivity index (χ1n) is 9.39. The number of aryl methyl sites for hydroxylation is 1. The summed E-state index contributed by atoms with van der Waals surface area (Å²) in [5, 5.41) is 3.42. The second kappa shape index (κ2) is 8.90. The first-order valence-corrected chi connectivity index (χ1v) is 10.6. The number of carbonyl (C=O) groups is 1. The van der Waals surface area contributed by atoms with Crippen molar-refractivity contribution < 1.29 is 13.9 Å². The molecule has 0 bridgehead atoms. The molecule has 0 saturated heterocycles. The van der Waals surface area contributed by atoms with E-state index in [-0.39, 0.29) is 12.5 Å². The molecule has 152 valence electrons. The molecule has 0 atom stereocenters. The molecule has 5 nitrogen and oxygen atoms in total. The number of aromatic nitrogens is 1. The van der Waals surface area contributed by atoms with Crippen LogP contribution in [0.3, 0.4) is 0 Å². The summed E-state index contributed by atoms with van der Waals surface area (Å²) in [5.41, 5.74) is 4.21. The molecule has 30 heavy (non-hydrogen) atoms. The number of ether oxygens (including phenoxy) is 1. The van der Waals surface area contributed by atoms with E-state index in [0.717, 1.165) is 27.6 Å². The van der Waals surface area contributed by atoms with Gasteiger partial charge in [-0.25, -0.2) is 4.98 Å². The van der Waals surface area contributed by atoms with Gasteiger partial charge < -0.3 is 14.5 Å². The van der Waals surface area contributed by atoms with Gasteiger partial charge >= 0.3 is 0 Å². The SMILES string of the molecule is CCc1cc(Br)c2oc(-c3ccc(NC(=O)COc4ccc(Cl)cc4)cc3)nc2c1. The normalized spacial score (nSPS) is 10.9. The summed E-state index contributed by atoms with van der Waals surface area (Å²) in [4.78, 5) is 16.7. The quantitative estimate of drug-likeness (QED) is 0.339. The van der Waals surface area contributed by atoms with Crippen LogP contribution in [-0.2, 0) is 11.2 Å². The number of halogens is 2. The highest BCUT2D eigenvalue weighted by Crippen LogP contribution is 2.31. The molecule has 4 rings (SSSR count). The van der Waals surface area contributed by atoms with Gasteiger partial charge in [-0.15, -0.1) is 0 Å². The molecule has 1 N–H and O–H groups in total. The van der Waals surface area contributed by atoms with Crippen LogP contribution in [0.1, 0.15) is 12.5 Å². The van der Waals surface area contributed by atoms with Gasteiger partial charge in [0.05, 0.1) is 4.47 Å². The highest BCUT2D eigenvalue weighted by atomic mass is 79.9. The molecule has 7 heteroatoms. The van der Waals surface area contributed by atoms with Crippen LogP contribution in [0.2, 0.25) is 5.02 Å². The predicted molar refractivity (Wildman–Crippen MR) is 122 cm³/mol.